The molecule has 0 heterocycles. The van der Waals surface area contributed by atoms with Gasteiger partial charge in [-0.1, -0.05) is 167 Å². The van der Waals surface area contributed by atoms with E-state index in [9.17, 15) is 9.59 Å². The van der Waals surface area contributed by atoms with Crippen molar-refractivity contribution >= 4 is 11.9 Å². The Morgan fingerprint density at radius 3 is 1.52 bits per heavy atom. The molecule has 1 unspecified atom stereocenters. The molecule has 0 amide bonds. The van der Waals surface area contributed by atoms with Gasteiger partial charge >= 0.3 is 11.9 Å². The number of carbonyl (C=O) groups excluding carboxylic acids is 2. The lowest BCUT2D eigenvalue weighted by atomic mass is 10.1. The highest BCUT2D eigenvalue weighted by Crippen LogP contribution is 2.13. The van der Waals surface area contributed by atoms with Crippen molar-refractivity contribution in [1.82, 2.24) is 0 Å². The molecule has 5 nitrogen and oxygen atoms in total. The lowest BCUT2D eigenvalue weighted by molar-refractivity contribution is -0.163. The van der Waals surface area contributed by atoms with Crippen LogP contribution in [-0.2, 0) is 23.8 Å². The van der Waals surface area contributed by atoms with E-state index in [4.69, 9.17) is 14.2 Å². The third-order valence-corrected chi connectivity index (χ3v) is 8.47. The van der Waals surface area contributed by atoms with Crippen molar-refractivity contribution in [1.29, 1.82) is 0 Å². The van der Waals surface area contributed by atoms with Gasteiger partial charge in [-0.3, -0.25) is 9.59 Å². The SMILES string of the molecule is CCC/C=C\C/C=C\CCCCCCCCOCC(COC(=O)CCCCCCCCCCC)OC(=O)CCCCCCCCC. The van der Waals surface area contributed by atoms with Crippen LogP contribution in [0.3, 0.4) is 0 Å². The molecule has 0 aliphatic carbocycles. The van der Waals surface area contributed by atoms with E-state index >= 15 is 0 Å². The number of hydrogen-bond donors (Lipinski definition) is 0. The van der Waals surface area contributed by atoms with E-state index < -0.39 is 6.10 Å². The normalized spacial score (nSPS) is 12.3. The molecule has 0 aromatic carbocycles. The van der Waals surface area contributed by atoms with Gasteiger partial charge in [0.15, 0.2) is 6.10 Å². The molecular formula is C41H76O5. The first-order valence-corrected chi connectivity index (χ1v) is 19.9. The Bertz CT molecular complexity index is 701. The number of esters is 2. The van der Waals surface area contributed by atoms with Gasteiger partial charge in [0, 0.05) is 19.4 Å². The highest BCUT2D eigenvalue weighted by atomic mass is 16.6. The first-order valence-electron chi connectivity index (χ1n) is 19.9. The van der Waals surface area contributed by atoms with Crippen LogP contribution in [0.1, 0.15) is 201 Å². The van der Waals surface area contributed by atoms with Gasteiger partial charge in [-0.05, 0) is 44.9 Å². The molecule has 0 bridgehead atoms. The second-order valence-corrected chi connectivity index (χ2v) is 13.2. The summed E-state index contributed by atoms with van der Waals surface area (Å²) >= 11 is 0. The second kappa shape index (κ2) is 37.8. The van der Waals surface area contributed by atoms with Gasteiger partial charge in [0.25, 0.3) is 0 Å². The third kappa shape index (κ3) is 35.2. The second-order valence-electron chi connectivity index (χ2n) is 13.2. The lowest BCUT2D eigenvalue weighted by Gasteiger charge is -2.18. The zero-order valence-corrected chi connectivity index (χ0v) is 30.8. The highest BCUT2D eigenvalue weighted by Gasteiger charge is 2.17. The molecule has 5 heteroatoms. The van der Waals surface area contributed by atoms with Crippen molar-refractivity contribution < 1.29 is 23.8 Å². The fraction of sp³-hybridized carbons (Fsp3) is 0.854. The van der Waals surface area contributed by atoms with E-state index in [0.29, 0.717) is 19.4 Å². The molecule has 46 heavy (non-hydrogen) atoms. The number of hydrogen-bond acceptors (Lipinski definition) is 5. The maximum absolute atomic E-state index is 12.5. The standard InChI is InChI=1S/C41H76O5/c1-4-7-10-13-16-18-19-20-21-22-24-27-30-33-36-44-37-39(46-41(43)35-32-29-25-15-12-9-6-3)38-45-40(42)34-31-28-26-23-17-14-11-8-5-2/h10,13,18-19,39H,4-9,11-12,14-17,20-38H2,1-3H3/b13-10-,19-18-. The molecule has 0 aromatic rings. The molecule has 0 saturated heterocycles. The minimum absolute atomic E-state index is 0.0858. The summed E-state index contributed by atoms with van der Waals surface area (Å²) in [5, 5.41) is 0. The number of rotatable bonds is 36. The van der Waals surface area contributed by atoms with Gasteiger partial charge in [-0.25, -0.2) is 0 Å². The molecule has 0 spiro atoms. The topological polar surface area (TPSA) is 61.8 Å². The minimum Gasteiger partial charge on any atom is -0.462 e. The van der Waals surface area contributed by atoms with Crippen LogP contribution >= 0.6 is 0 Å². The van der Waals surface area contributed by atoms with Gasteiger partial charge in [0.05, 0.1) is 6.61 Å². The molecule has 1 atom stereocenters. The number of ether oxygens (including phenoxy) is 3. The largest absolute Gasteiger partial charge is 0.462 e. The zero-order valence-electron chi connectivity index (χ0n) is 30.8. The van der Waals surface area contributed by atoms with E-state index in [1.807, 2.05) is 0 Å². The molecule has 0 fully saturated rings. The maximum Gasteiger partial charge on any atom is 0.306 e. The van der Waals surface area contributed by atoms with Crippen molar-refractivity contribution in [3.8, 4) is 0 Å². The Morgan fingerprint density at radius 1 is 0.478 bits per heavy atom. The zero-order chi connectivity index (χ0) is 33.6. The van der Waals surface area contributed by atoms with Crippen LogP contribution in [0.25, 0.3) is 0 Å². The monoisotopic (exact) mass is 649 g/mol. The Kier molecular flexibility index (Phi) is 36.5. The number of carbonyl (C=O) groups is 2. The van der Waals surface area contributed by atoms with Gasteiger partial charge in [0.2, 0.25) is 0 Å². The molecule has 0 rings (SSSR count). The average molecular weight is 649 g/mol. The Morgan fingerprint density at radius 2 is 0.957 bits per heavy atom. The van der Waals surface area contributed by atoms with Crippen LogP contribution in [0.15, 0.2) is 24.3 Å². The van der Waals surface area contributed by atoms with Crippen molar-refractivity contribution in [3.63, 3.8) is 0 Å². The van der Waals surface area contributed by atoms with Crippen molar-refractivity contribution in [3.05, 3.63) is 24.3 Å². The summed E-state index contributed by atoms with van der Waals surface area (Å²) in [5.74, 6) is -0.407. The predicted molar refractivity (Wildman–Crippen MR) is 196 cm³/mol. The van der Waals surface area contributed by atoms with E-state index in [-0.39, 0.29) is 25.2 Å². The molecule has 270 valence electrons. The molecular weight excluding hydrogens is 572 g/mol. The predicted octanol–water partition coefficient (Wildman–Crippen LogP) is 12.6. The molecule has 0 aliphatic rings. The molecule has 0 aliphatic heterocycles. The summed E-state index contributed by atoms with van der Waals surface area (Å²) in [5.41, 5.74) is 0. The minimum atomic E-state index is -0.528. The van der Waals surface area contributed by atoms with Gasteiger partial charge in [-0.2, -0.15) is 0 Å². The van der Waals surface area contributed by atoms with Gasteiger partial charge < -0.3 is 14.2 Å². The smallest absolute Gasteiger partial charge is 0.306 e. The van der Waals surface area contributed by atoms with Crippen LogP contribution < -0.4 is 0 Å². The number of allylic oxidation sites excluding steroid dienone is 4. The first-order chi connectivity index (χ1) is 22.6. The fourth-order valence-corrected chi connectivity index (χ4v) is 5.49. The first kappa shape index (κ1) is 44.4. The van der Waals surface area contributed by atoms with E-state index in [1.54, 1.807) is 0 Å². The summed E-state index contributed by atoms with van der Waals surface area (Å²) in [6, 6.07) is 0. The molecule has 0 aromatic heterocycles. The summed E-state index contributed by atoms with van der Waals surface area (Å²) in [6.07, 6.45) is 40.3. The molecule has 0 N–H and O–H groups in total. The van der Waals surface area contributed by atoms with Crippen LogP contribution in [0, 0.1) is 0 Å². The Labute approximate surface area is 286 Å². The Hall–Kier alpha value is -1.62. The Balaban J connectivity index is 4.18. The van der Waals surface area contributed by atoms with Crippen molar-refractivity contribution in [2.45, 2.75) is 207 Å². The van der Waals surface area contributed by atoms with Crippen molar-refractivity contribution in [2.24, 2.45) is 0 Å². The average Bonchev–Trinajstić information content (AvgIpc) is 3.05. The van der Waals surface area contributed by atoms with Crippen LogP contribution in [-0.4, -0.2) is 37.9 Å². The summed E-state index contributed by atoms with van der Waals surface area (Å²) < 4.78 is 17.1. The van der Waals surface area contributed by atoms with Crippen LogP contribution in [0.4, 0.5) is 0 Å². The quantitative estimate of drug-likeness (QED) is 0.0384. The van der Waals surface area contributed by atoms with Crippen molar-refractivity contribution in [2.75, 3.05) is 19.8 Å². The maximum atomic E-state index is 12.5. The third-order valence-electron chi connectivity index (χ3n) is 8.47. The summed E-state index contributed by atoms with van der Waals surface area (Å²) in [7, 11) is 0. The van der Waals surface area contributed by atoms with E-state index in [1.165, 1.54) is 122 Å². The van der Waals surface area contributed by atoms with Crippen LogP contribution in [0.5, 0.6) is 0 Å². The van der Waals surface area contributed by atoms with Gasteiger partial charge in [-0.15, -0.1) is 0 Å². The van der Waals surface area contributed by atoms with Crippen LogP contribution in [0.2, 0.25) is 0 Å². The lowest BCUT2D eigenvalue weighted by Crippen LogP contribution is -2.30. The number of unbranched alkanes of at least 4 members (excludes halogenated alkanes) is 21. The molecule has 0 radical (unpaired) electrons. The van der Waals surface area contributed by atoms with E-state index in [2.05, 4.69) is 45.1 Å². The van der Waals surface area contributed by atoms with Gasteiger partial charge in [0.1, 0.15) is 6.61 Å². The summed E-state index contributed by atoms with van der Waals surface area (Å²) in [4.78, 5) is 24.9. The highest BCUT2D eigenvalue weighted by molar-refractivity contribution is 5.70. The molecule has 0 saturated carbocycles. The van der Waals surface area contributed by atoms with E-state index in [0.717, 1.165) is 44.9 Å². The fourth-order valence-electron chi connectivity index (χ4n) is 5.49. The summed E-state index contributed by atoms with van der Waals surface area (Å²) in [6.45, 7) is 7.70.